The number of rotatable bonds is 4. The Bertz CT molecular complexity index is 473. The molecule has 86 valence electrons. The normalized spacial score (nSPS) is 11.2. The lowest BCUT2D eigenvalue weighted by Gasteiger charge is -2.08. The molecule has 1 N–H and O–H groups in total. The van der Waals surface area contributed by atoms with Gasteiger partial charge in [0.25, 0.3) is 0 Å². The molecule has 0 saturated carbocycles. The number of anilines is 1. The molecule has 0 aliphatic carbocycles. The predicted octanol–water partition coefficient (Wildman–Crippen LogP) is 2.83. The van der Waals surface area contributed by atoms with Gasteiger partial charge in [-0.3, -0.25) is 0 Å². The maximum absolute atomic E-state index is 4.58. The Hall–Kier alpha value is -1.58. The van der Waals surface area contributed by atoms with Crippen LogP contribution in [0.2, 0.25) is 0 Å². The minimum Gasteiger partial charge on any atom is -0.370 e. The second-order valence-corrected chi connectivity index (χ2v) is 4.21. The second kappa shape index (κ2) is 4.51. The summed E-state index contributed by atoms with van der Waals surface area (Å²) in [6.07, 6.45) is 2.95. The van der Waals surface area contributed by atoms with Crippen LogP contribution in [0.3, 0.4) is 0 Å². The number of fused-ring (bicyclic) bond motifs is 1. The van der Waals surface area contributed by atoms with E-state index in [1.165, 1.54) is 0 Å². The third-order valence-electron chi connectivity index (χ3n) is 2.53. The maximum Gasteiger partial charge on any atom is 0.162 e. The Balaban J connectivity index is 2.38. The fraction of sp³-hybridized carbons (Fsp3) is 0.500. The molecule has 4 heteroatoms. The van der Waals surface area contributed by atoms with Gasteiger partial charge in [0, 0.05) is 12.6 Å². The molecular formula is C12H18N4. The molecule has 2 aromatic heterocycles. The summed E-state index contributed by atoms with van der Waals surface area (Å²) in [5.41, 5.74) is 1.91. The fourth-order valence-electron chi connectivity index (χ4n) is 1.64. The van der Waals surface area contributed by atoms with Crippen LogP contribution in [-0.2, 0) is 0 Å². The highest BCUT2D eigenvalue weighted by molar-refractivity contribution is 5.73. The van der Waals surface area contributed by atoms with Crippen LogP contribution in [0, 0.1) is 0 Å². The van der Waals surface area contributed by atoms with Crippen molar-refractivity contribution in [1.29, 1.82) is 0 Å². The Morgan fingerprint density at radius 2 is 2.19 bits per heavy atom. The average Bonchev–Trinajstić information content (AvgIpc) is 2.69. The van der Waals surface area contributed by atoms with E-state index in [9.17, 15) is 0 Å². The van der Waals surface area contributed by atoms with E-state index < -0.39 is 0 Å². The standard InChI is InChI=1S/C12H18N4/c1-4-7-13-11-6-5-10-12(15-11)16(8-14-10)9(2)3/h5-6,8-9H,4,7H2,1-3H3,(H,13,15). The predicted molar refractivity (Wildman–Crippen MR) is 66.7 cm³/mol. The van der Waals surface area contributed by atoms with Gasteiger partial charge in [-0.15, -0.1) is 0 Å². The quantitative estimate of drug-likeness (QED) is 0.858. The smallest absolute Gasteiger partial charge is 0.162 e. The molecule has 0 saturated heterocycles. The molecule has 0 spiro atoms. The van der Waals surface area contributed by atoms with Crippen LogP contribution in [-0.4, -0.2) is 21.1 Å². The monoisotopic (exact) mass is 218 g/mol. The molecular weight excluding hydrogens is 200 g/mol. The molecule has 2 aromatic rings. The van der Waals surface area contributed by atoms with Gasteiger partial charge in [0.2, 0.25) is 0 Å². The second-order valence-electron chi connectivity index (χ2n) is 4.21. The summed E-state index contributed by atoms with van der Waals surface area (Å²) in [7, 11) is 0. The molecule has 0 fully saturated rings. The summed E-state index contributed by atoms with van der Waals surface area (Å²) in [5.74, 6) is 0.928. The first kappa shape index (κ1) is 10.9. The van der Waals surface area contributed by atoms with Gasteiger partial charge < -0.3 is 9.88 Å². The third-order valence-corrected chi connectivity index (χ3v) is 2.53. The van der Waals surface area contributed by atoms with E-state index in [1.54, 1.807) is 0 Å². The van der Waals surface area contributed by atoms with Crippen molar-refractivity contribution in [3.63, 3.8) is 0 Å². The summed E-state index contributed by atoms with van der Waals surface area (Å²) in [6, 6.07) is 4.38. The summed E-state index contributed by atoms with van der Waals surface area (Å²) in [5, 5.41) is 3.29. The van der Waals surface area contributed by atoms with Crippen molar-refractivity contribution in [2.75, 3.05) is 11.9 Å². The van der Waals surface area contributed by atoms with Crippen LogP contribution < -0.4 is 5.32 Å². The molecule has 2 rings (SSSR count). The summed E-state index contributed by atoms with van der Waals surface area (Å²) < 4.78 is 2.09. The number of imidazole rings is 1. The number of nitrogens with zero attached hydrogens (tertiary/aromatic N) is 3. The largest absolute Gasteiger partial charge is 0.370 e. The molecule has 0 aliphatic heterocycles. The molecule has 0 amide bonds. The molecule has 16 heavy (non-hydrogen) atoms. The molecule has 4 nitrogen and oxygen atoms in total. The van der Waals surface area contributed by atoms with Crippen molar-refractivity contribution < 1.29 is 0 Å². The van der Waals surface area contributed by atoms with Gasteiger partial charge in [-0.05, 0) is 32.4 Å². The van der Waals surface area contributed by atoms with Gasteiger partial charge >= 0.3 is 0 Å². The first-order valence-corrected chi connectivity index (χ1v) is 5.80. The minimum absolute atomic E-state index is 0.388. The van der Waals surface area contributed by atoms with Crippen LogP contribution in [0.25, 0.3) is 11.2 Å². The first-order valence-electron chi connectivity index (χ1n) is 5.80. The van der Waals surface area contributed by atoms with E-state index in [1.807, 2.05) is 18.5 Å². The lowest BCUT2D eigenvalue weighted by molar-refractivity contribution is 0.613. The topological polar surface area (TPSA) is 42.7 Å². The lowest BCUT2D eigenvalue weighted by Crippen LogP contribution is -2.04. The van der Waals surface area contributed by atoms with Crippen molar-refractivity contribution in [3.8, 4) is 0 Å². The molecule has 0 radical (unpaired) electrons. The Labute approximate surface area is 95.7 Å². The zero-order valence-electron chi connectivity index (χ0n) is 10.1. The summed E-state index contributed by atoms with van der Waals surface area (Å²) >= 11 is 0. The maximum atomic E-state index is 4.58. The zero-order valence-corrected chi connectivity index (χ0v) is 10.1. The molecule has 0 unspecified atom stereocenters. The molecule has 0 atom stereocenters. The summed E-state index contributed by atoms with van der Waals surface area (Å²) in [4.78, 5) is 8.92. The van der Waals surface area contributed by atoms with Crippen LogP contribution in [0.15, 0.2) is 18.5 Å². The van der Waals surface area contributed by atoms with Gasteiger partial charge in [0.1, 0.15) is 11.3 Å². The van der Waals surface area contributed by atoms with Crippen LogP contribution in [0.5, 0.6) is 0 Å². The average molecular weight is 218 g/mol. The highest BCUT2D eigenvalue weighted by atomic mass is 15.1. The molecule has 0 bridgehead atoms. The van der Waals surface area contributed by atoms with Crippen molar-refractivity contribution >= 4 is 17.0 Å². The van der Waals surface area contributed by atoms with Crippen molar-refractivity contribution in [2.24, 2.45) is 0 Å². The Kier molecular flexibility index (Phi) is 3.08. The highest BCUT2D eigenvalue weighted by Gasteiger charge is 2.07. The number of pyridine rings is 1. The van der Waals surface area contributed by atoms with Gasteiger partial charge in [-0.25, -0.2) is 9.97 Å². The number of aromatic nitrogens is 3. The van der Waals surface area contributed by atoms with Crippen molar-refractivity contribution in [1.82, 2.24) is 14.5 Å². The van der Waals surface area contributed by atoms with E-state index in [0.29, 0.717) is 6.04 Å². The molecule has 0 aromatic carbocycles. The van der Waals surface area contributed by atoms with E-state index in [2.05, 4.69) is 40.6 Å². The molecule has 2 heterocycles. The van der Waals surface area contributed by atoms with Gasteiger partial charge in [0.15, 0.2) is 5.65 Å². The Morgan fingerprint density at radius 1 is 1.38 bits per heavy atom. The Morgan fingerprint density at radius 3 is 2.88 bits per heavy atom. The van der Waals surface area contributed by atoms with Crippen molar-refractivity contribution in [2.45, 2.75) is 33.2 Å². The number of nitrogens with one attached hydrogen (secondary N) is 1. The number of hydrogen-bond donors (Lipinski definition) is 1. The SMILES string of the molecule is CCCNc1ccc2ncn(C(C)C)c2n1. The fourth-order valence-corrected chi connectivity index (χ4v) is 1.64. The minimum atomic E-state index is 0.388. The van der Waals surface area contributed by atoms with E-state index in [4.69, 9.17) is 0 Å². The van der Waals surface area contributed by atoms with Gasteiger partial charge in [-0.1, -0.05) is 6.92 Å². The van der Waals surface area contributed by atoms with Crippen LogP contribution >= 0.6 is 0 Å². The third kappa shape index (κ3) is 2.01. The highest BCUT2D eigenvalue weighted by Crippen LogP contribution is 2.17. The van der Waals surface area contributed by atoms with Gasteiger partial charge in [0.05, 0.1) is 6.33 Å². The zero-order chi connectivity index (χ0) is 11.5. The summed E-state index contributed by atoms with van der Waals surface area (Å²) in [6.45, 7) is 7.36. The van der Waals surface area contributed by atoms with E-state index >= 15 is 0 Å². The lowest BCUT2D eigenvalue weighted by atomic mass is 10.3. The molecule has 0 aliphatic rings. The van der Waals surface area contributed by atoms with Crippen molar-refractivity contribution in [3.05, 3.63) is 18.5 Å². The first-order chi connectivity index (χ1) is 7.72. The van der Waals surface area contributed by atoms with Gasteiger partial charge in [-0.2, -0.15) is 0 Å². The van der Waals surface area contributed by atoms with Crippen LogP contribution in [0.1, 0.15) is 33.2 Å². The van der Waals surface area contributed by atoms with E-state index in [0.717, 1.165) is 29.9 Å². The number of hydrogen-bond acceptors (Lipinski definition) is 3. The van der Waals surface area contributed by atoms with Crippen LogP contribution in [0.4, 0.5) is 5.82 Å². The van der Waals surface area contributed by atoms with E-state index in [-0.39, 0.29) is 0 Å².